The number of ketones is 2. The van der Waals surface area contributed by atoms with Gasteiger partial charge in [-0.2, -0.15) is 0 Å². The van der Waals surface area contributed by atoms with Crippen molar-refractivity contribution in [1.29, 1.82) is 0 Å². The van der Waals surface area contributed by atoms with Crippen molar-refractivity contribution < 1.29 is 44.0 Å². The summed E-state index contributed by atoms with van der Waals surface area (Å²) >= 11 is 0. The minimum Gasteiger partial charge on any atom is -0.460 e. The monoisotopic (exact) mass is 762 g/mol. The fourth-order valence-corrected chi connectivity index (χ4v) is 7.68. The van der Waals surface area contributed by atoms with Gasteiger partial charge >= 0.3 is 5.97 Å². The molecule has 4 heterocycles. The van der Waals surface area contributed by atoms with E-state index >= 15 is 0 Å². The van der Waals surface area contributed by atoms with Crippen LogP contribution in [-0.4, -0.2) is 91.4 Å². The predicted octanol–water partition coefficient (Wildman–Crippen LogP) is 5.77. The molecule has 0 aromatic carbocycles. The highest BCUT2D eigenvalue weighted by Crippen LogP contribution is 2.36. The minimum absolute atomic E-state index is 0.0357. The van der Waals surface area contributed by atoms with E-state index in [-0.39, 0.29) is 55.8 Å². The van der Waals surface area contributed by atoms with Crippen molar-refractivity contribution in [2.45, 2.75) is 142 Å². The molecular weight excluding hydrogens is 700 g/mol. The van der Waals surface area contributed by atoms with Crippen molar-refractivity contribution in [3.8, 4) is 0 Å². The summed E-state index contributed by atoms with van der Waals surface area (Å²) in [5.74, 6) is -6.29. The van der Waals surface area contributed by atoms with Crippen molar-refractivity contribution >= 4 is 23.4 Å². The summed E-state index contributed by atoms with van der Waals surface area (Å²) in [6, 6.07) is 2.74. The number of nitrogens with zero attached hydrogens (tertiary/aromatic N) is 2. The van der Waals surface area contributed by atoms with Crippen LogP contribution in [0.4, 0.5) is 0 Å². The van der Waals surface area contributed by atoms with Gasteiger partial charge in [0.15, 0.2) is 0 Å². The van der Waals surface area contributed by atoms with E-state index in [2.05, 4.69) is 4.98 Å². The Bertz CT molecular complexity index is 1600. The van der Waals surface area contributed by atoms with Gasteiger partial charge in [0.05, 0.1) is 18.3 Å². The molecule has 11 nitrogen and oxygen atoms in total. The maximum Gasteiger partial charge on any atom is 0.329 e. The van der Waals surface area contributed by atoms with Crippen LogP contribution in [0, 0.1) is 23.7 Å². The minimum atomic E-state index is -2.42. The van der Waals surface area contributed by atoms with Crippen LogP contribution in [0.5, 0.6) is 0 Å². The van der Waals surface area contributed by atoms with E-state index in [0.717, 1.165) is 5.56 Å². The fourth-order valence-electron chi connectivity index (χ4n) is 7.68. The van der Waals surface area contributed by atoms with Crippen LogP contribution < -0.4 is 0 Å². The van der Waals surface area contributed by atoms with Gasteiger partial charge in [-0.15, -0.1) is 0 Å². The third kappa shape index (κ3) is 12.1. The summed E-state index contributed by atoms with van der Waals surface area (Å²) in [5, 5.41) is 33.8. The van der Waals surface area contributed by atoms with Crippen LogP contribution in [0.2, 0.25) is 0 Å². The number of pyridine rings is 1. The normalized spacial score (nSPS) is 36.6. The summed E-state index contributed by atoms with van der Waals surface area (Å²) in [7, 11) is 0. The molecule has 3 aliphatic heterocycles. The number of piperidine rings is 1. The second-order valence-corrected chi connectivity index (χ2v) is 16.2. The zero-order valence-corrected chi connectivity index (χ0v) is 33.4. The Kier molecular flexibility index (Phi) is 16.3. The first-order chi connectivity index (χ1) is 26.1. The number of amides is 1. The summed E-state index contributed by atoms with van der Waals surface area (Å²) in [5.41, 5.74) is 2.25. The number of cyclic esters (lactones) is 1. The Morgan fingerprint density at radius 3 is 2.38 bits per heavy atom. The smallest absolute Gasteiger partial charge is 0.329 e. The van der Waals surface area contributed by atoms with Crippen molar-refractivity contribution in [2.75, 3.05) is 6.54 Å². The number of allylic oxidation sites excluding steroid dienone is 5. The molecule has 1 aromatic rings. The molecule has 4 rings (SSSR count). The van der Waals surface area contributed by atoms with E-state index < -0.39 is 59.8 Å². The third-order valence-corrected chi connectivity index (χ3v) is 11.6. The molecule has 10 atom stereocenters. The molecule has 0 saturated carbocycles. The van der Waals surface area contributed by atoms with E-state index in [4.69, 9.17) is 9.47 Å². The van der Waals surface area contributed by atoms with Crippen molar-refractivity contribution in [1.82, 2.24) is 9.88 Å². The highest BCUT2D eigenvalue weighted by Gasteiger charge is 2.53. The number of ether oxygens (including phenoxy) is 2. The number of fused-ring (bicyclic) bond motifs is 3. The Hall–Kier alpha value is -3.77. The molecule has 3 aliphatic rings. The maximum atomic E-state index is 14.0. The van der Waals surface area contributed by atoms with Crippen molar-refractivity contribution in [2.24, 2.45) is 23.7 Å². The van der Waals surface area contributed by atoms with E-state index in [1.165, 1.54) is 4.90 Å². The number of rotatable bonds is 3. The number of Topliss-reactive ketones (excluding diaryl/α,β-unsaturated/α-hetero) is 2. The van der Waals surface area contributed by atoms with Crippen molar-refractivity contribution in [3.63, 3.8) is 0 Å². The van der Waals surface area contributed by atoms with Crippen LogP contribution in [0.15, 0.2) is 72.1 Å². The number of esters is 1. The molecule has 3 N–H and O–H groups in total. The molecule has 2 bridgehead atoms. The number of hydrogen-bond donors (Lipinski definition) is 3. The molecular formula is C44H62N2O9. The fraction of sp³-hybridized carbons (Fsp3) is 0.614. The molecule has 0 spiro atoms. The maximum absolute atomic E-state index is 14.0. The summed E-state index contributed by atoms with van der Waals surface area (Å²) < 4.78 is 12.2. The second-order valence-electron chi connectivity index (χ2n) is 16.2. The molecule has 1 amide bonds. The molecule has 11 heteroatoms. The number of hydrogen-bond acceptors (Lipinski definition) is 10. The molecule has 0 aliphatic carbocycles. The first-order valence-corrected chi connectivity index (χ1v) is 20.0. The number of aromatic nitrogens is 1. The van der Waals surface area contributed by atoms with Gasteiger partial charge in [0.1, 0.15) is 17.9 Å². The van der Waals surface area contributed by atoms with Gasteiger partial charge in [0.2, 0.25) is 5.79 Å². The lowest BCUT2D eigenvalue weighted by molar-refractivity contribution is -0.265. The number of aliphatic hydroxyl groups is 3. The highest BCUT2D eigenvalue weighted by molar-refractivity contribution is 6.39. The average molecular weight is 763 g/mol. The van der Waals surface area contributed by atoms with Crippen LogP contribution in [-0.2, 0) is 35.1 Å². The molecule has 1 unspecified atom stereocenters. The van der Waals surface area contributed by atoms with Crippen LogP contribution >= 0.6 is 0 Å². The zero-order chi connectivity index (χ0) is 40.3. The van der Waals surface area contributed by atoms with Gasteiger partial charge < -0.3 is 29.7 Å². The van der Waals surface area contributed by atoms with E-state index in [1.807, 2.05) is 57.2 Å². The summed E-state index contributed by atoms with van der Waals surface area (Å²) in [6.45, 7) is 11.2. The Balaban J connectivity index is 1.65. The first-order valence-electron chi connectivity index (χ1n) is 20.0. The van der Waals surface area contributed by atoms with E-state index in [0.29, 0.717) is 49.7 Å². The van der Waals surface area contributed by atoms with E-state index in [9.17, 15) is 34.5 Å². The number of carbonyl (C=O) groups excluding carboxylic acids is 4. The summed E-state index contributed by atoms with van der Waals surface area (Å²) in [4.78, 5) is 60.4. The Labute approximate surface area is 326 Å². The SMILES string of the molecule is C/C1=C\CC([C@H](C)Cc2ccncc2)OC(=O)[C@@H]2CCCCN2C(=O)C(=O)[C@]2(O)O[C@@H](CC[C@H]2C)C[C@H](O)/C(C)=C/C=C/C=C/[C@@H](C)C[C@@H](C)C(=O)C[C@@H]1O. The lowest BCUT2D eigenvalue weighted by Crippen LogP contribution is -2.60. The first kappa shape index (κ1) is 44.0. The molecule has 302 valence electrons. The number of aliphatic hydroxyl groups excluding tert-OH is 2. The van der Waals surface area contributed by atoms with Crippen LogP contribution in [0.3, 0.4) is 0 Å². The van der Waals surface area contributed by atoms with Crippen LogP contribution in [0.1, 0.15) is 105 Å². The highest BCUT2D eigenvalue weighted by atomic mass is 16.6. The van der Waals surface area contributed by atoms with Crippen molar-refractivity contribution in [3.05, 3.63) is 77.7 Å². The summed E-state index contributed by atoms with van der Waals surface area (Å²) in [6.07, 6.45) is 15.2. The zero-order valence-electron chi connectivity index (χ0n) is 33.4. The molecule has 1 aromatic heterocycles. The largest absolute Gasteiger partial charge is 0.460 e. The van der Waals surface area contributed by atoms with Gasteiger partial charge in [-0.25, -0.2) is 4.79 Å². The lowest BCUT2D eigenvalue weighted by atomic mass is 9.85. The van der Waals surface area contributed by atoms with E-state index in [1.54, 1.807) is 45.3 Å². The molecule has 55 heavy (non-hydrogen) atoms. The lowest BCUT2D eigenvalue weighted by Gasteiger charge is -2.42. The average Bonchev–Trinajstić information content (AvgIpc) is 3.16. The third-order valence-electron chi connectivity index (χ3n) is 11.6. The quantitative estimate of drug-likeness (QED) is 0.196. The molecule has 2 fully saturated rings. The predicted molar refractivity (Wildman–Crippen MR) is 209 cm³/mol. The van der Waals surface area contributed by atoms with Gasteiger partial charge in [0.25, 0.3) is 11.7 Å². The van der Waals surface area contributed by atoms with Gasteiger partial charge in [-0.05, 0) is 99.5 Å². The van der Waals surface area contributed by atoms with Crippen LogP contribution in [0.25, 0.3) is 0 Å². The Morgan fingerprint density at radius 1 is 0.927 bits per heavy atom. The van der Waals surface area contributed by atoms with Gasteiger partial charge in [0, 0.05) is 50.0 Å². The second kappa shape index (κ2) is 20.4. The van der Waals surface area contributed by atoms with Gasteiger partial charge in [-0.3, -0.25) is 19.4 Å². The topological polar surface area (TPSA) is 164 Å². The Morgan fingerprint density at radius 2 is 1.65 bits per heavy atom. The molecule has 0 radical (unpaired) electrons. The standard InChI is InChI=1S/C44H62N2O9/c1-28-12-8-7-9-13-29(2)37(47)26-35-17-16-33(6)44(53,55-35)41(50)42(51)46-23-11-10-14-36(46)43(52)54-40(32(5)25-34-19-21-45-22-20-34)18-15-30(3)38(48)27-39(49)31(4)24-28/h7-9,12-13,15,19-22,28,31-33,35-38,40,47-48,53H,10-11,14,16-18,23-27H2,1-6H3/b9-7+,12-8+,29-13+,30-15+/t28-,31-,32-,33-,35+,36+,37+,38+,40?,44-/m1/s1. The molecule has 2 saturated heterocycles. The number of carbonyl (C=O) groups is 4. The van der Waals surface area contributed by atoms with Gasteiger partial charge in [-0.1, -0.05) is 64.2 Å².